The highest BCUT2D eigenvalue weighted by molar-refractivity contribution is 6.31. The van der Waals surface area contributed by atoms with Crippen LogP contribution in [-0.4, -0.2) is 54.8 Å². The summed E-state index contributed by atoms with van der Waals surface area (Å²) in [5.41, 5.74) is 0.838. The number of alkyl halides is 3. The lowest BCUT2D eigenvalue weighted by Crippen LogP contribution is -2.33. The number of carbonyl (C=O) groups excluding carboxylic acids is 1. The molecule has 0 unspecified atom stereocenters. The minimum atomic E-state index is -4.87. The molecule has 3 heterocycles. The summed E-state index contributed by atoms with van der Waals surface area (Å²) < 4.78 is 46.7. The van der Waals surface area contributed by atoms with Crippen LogP contribution >= 0.6 is 11.6 Å². The summed E-state index contributed by atoms with van der Waals surface area (Å²) >= 11 is 6.10. The third-order valence-electron chi connectivity index (χ3n) is 4.75. The van der Waals surface area contributed by atoms with Gasteiger partial charge in [0.1, 0.15) is 11.3 Å². The van der Waals surface area contributed by atoms with Crippen LogP contribution in [0.15, 0.2) is 49.1 Å². The molecule has 0 aliphatic heterocycles. The van der Waals surface area contributed by atoms with Crippen LogP contribution in [0, 0.1) is 0 Å². The lowest BCUT2D eigenvalue weighted by Gasteiger charge is -2.18. The Morgan fingerprint density at radius 3 is 2.82 bits per heavy atom. The van der Waals surface area contributed by atoms with Gasteiger partial charge in [0.2, 0.25) is 0 Å². The average Bonchev–Trinajstić information content (AvgIpc) is 3.37. The van der Waals surface area contributed by atoms with Crippen molar-refractivity contribution in [2.45, 2.75) is 18.8 Å². The van der Waals surface area contributed by atoms with Gasteiger partial charge >= 0.3 is 6.18 Å². The Labute approximate surface area is 189 Å². The quantitative estimate of drug-likeness (QED) is 0.438. The predicted octanol–water partition coefficient (Wildman–Crippen LogP) is 3.43. The largest absolute Gasteiger partial charge is 0.496 e. The van der Waals surface area contributed by atoms with Crippen molar-refractivity contribution >= 4 is 28.8 Å². The van der Waals surface area contributed by atoms with E-state index in [4.69, 9.17) is 16.3 Å². The van der Waals surface area contributed by atoms with Gasteiger partial charge in [-0.1, -0.05) is 11.6 Å². The van der Waals surface area contributed by atoms with E-state index < -0.39 is 24.7 Å². The molecule has 172 valence electrons. The normalized spacial score (nSPS) is 12.7. The van der Waals surface area contributed by atoms with Gasteiger partial charge in [-0.05, 0) is 24.3 Å². The summed E-state index contributed by atoms with van der Waals surface area (Å²) in [6.07, 6.45) is -1.96. The van der Waals surface area contributed by atoms with Crippen molar-refractivity contribution in [3.05, 3.63) is 59.6 Å². The van der Waals surface area contributed by atoms with Crippen LogP contribution in [-0.2, 0) is 6.54 Å². The van der Waals surface area contributed by atoms with E-state index in [9.17, 15) is 23.1 Å². The summed E-state index contributed by atoms with van der Waals surface area (Å²) in [6, 6.07) is 6.16. The standard InChI is InChI=1S/C20H16ClF3N6O3/c1-33-15-4-3-11(21)7-12(15)17-14(9-27-30(17)10-16(31)20(22,23)24)28-19(32)13-8-26-29-6-2-5-25-18(13)29/h2-9,16,31H,10H2,1H3,(H,28,32)/t16-/m0/s1. The number of amides is 1. The van der Waals surface area contributed by atoms with Crippen molar-refractivity contribution < 1.29 is 27.8 Å². The second-order valence-electron chi connectivity index (χ2n) is 6.89. The Morgan fingerprint density at radius 1 is 1.30 bits per heavy atom. The van der Waals surface area contributed by atoms with E-state index in [0.29, 0.717) is 0 Å². The van der Waals surface area contributed by atoms with Crippen LogP contribution < -0.4 is 10.1 Å². The molecule has 4 rings (SSSR count). The number of benzene rings is 1. The zero-order chi connectivity index (χ0) is 23.8. The van der Waals surface area contributed by atoms with Crippen LogP contribution in [0.1, 0.15) is 10.4 Å². The van der Waals surface area contributed by atoms with Gasteiger partial charge in [0, 0.05) is 23.0 Å². The first-order valence-corrected chi connectivity index (χ1v) is 9.81. The number of rotatable bonds is 6. The number of nitrogens with one attached hydrogen (secondary N) is 1. The number of aromatic nitrogens is 5. The Hall–Kier alpha value is -3.64. The van der Waals surface area contributed by atoms with Crippen molar-refractivity contribution in [2.75, 3.05) is 12.4 Å². The highest BCUT2D eigenvalue weighted by Crippen LogP contribution is 2.38. The molecule has 33 heavy (non-hydrogen) atoms. The van der Waals surface area contributed by atoms with Crippen molar-refractivity contribution in [1.29, 1.82) is 0 Å². The molecule has 0 spiro atoms. The number of carbonyl (C=O) groups is 1. The Bertz CT molecular complexity index is 1320. The van der Waals surface area contributed by atoms with E-state index >= 15 is 0 Å². The van der Waals surface area contributed by atoms with Crippen molar-refractivity contribution in [1.82, 2.24) is 24.4 Å². The molecule has 1 amide bonds. The van der Waals surface area contributed by atoms with Crippen LogP contribution in [0.2, 0.25) is 5.02 Å². The number of nitrogens with zero attached hydrogens (tertiary/aromatic N) is 5. The summed E-state index contributed by atoms with van der Waals surface area (Å²) in [6.45, 7) is -0.914. The van der Waals surface area contributed by atoms with Gasteiger partial charge in [-0.15, -0.1) is 0 Å². The summed E-state index contributed by atoms with van der Waals surface area (Å²) in [5.74, 6) is -0.335. The van der Waals surface area contributed by atoms with Crippen molar-refractivity contribution in [3.63, 3.8) is 0 Å². The molecule has 0 aliphatic carbocycles. The van der Waals surface area contributed by atoms with E-state index in [2.05, 4.69) is 20.5 Å². The molecule has 3 aromatic heterocycles. The molecule has 0 bridgehead atoms. The number of aliphatic hydroxyl groups excluding tert-OH is 1. The Balaban J connectivity index is 1.78. The number of methoxy groups -OCH3 is 1. The zero-order valence-electron chi connectivity index (χ0n) is 16.9. The fourth-order valence-electron chi connectivity index (χ4n) is 3.21. The molecule has 9 nitrogen and oxygen atoms in total. The fraction of sp³-hybridized carbons (Fsp3) is 0.200. The van der Waals surface area contributed by atoms with E-state index in [1.165, 1.54) is 48.4 Å². The second kappa shape index (κ2) is 8.71. The summed E-state index contributed by atoms with van der Waals surface area (Å²) in [4.78, 5) is 17.1. The molecular formula is C20H16ClF3N6O3. The topological polar surface area (TPSA) is 107 Å². The van der Waals surface area contributed by atoms with Gasteiger partial charge in [-0.25, -0.2) is 9.50 Å². The molecule has 0 saturated heterocycles. The minimum Gasteiger partial charge on any atom is -0.496 e. The first-order chi connectivity index (χ1) is 15.7. The maximum atomic E-state index is 13.0. The lowest BCUT2D eigenvalue weighted by molar-refractivity contribution is -0.207. The smallest absolute Gasteiger partial charge is 0.416 e. The maximum absolute atomic E-state index is 13.0. The highest BCUT2D eigenvalue weighted by atomic mass is 35.5. The van der Waals surface area contributed by atoms with Crippen molar-refractivity contribution in [2.24, 2.45) is 0 Å². The third kappa shape index (κ3) is 4.47. The zero-order valence-corrected chi connectivity index (χ0v) is 17.7. The molecular weight excluding hydrogens is 465 g/mol. The number of hydrogen-bond donors (Lipinski definition) is 2. The summed E-state index contributed by atoms with van der Waals surface area (Å²) in [7, 11) is 1.38. The van der Waals surface area contributed by atoms with Gasteiger partial charge in [0.25, 0.3) is 5.91 Å². The van der Waals surface area contributed by atoms with Crippen LogP contribution in [0.25, 0.3) is 16.9 Å². The molecule has 0 radical (unpaired) electrons. The third-order valence-corrected chi connectivity index (χ3v) is 4.99. The maximum Gasteiger partial charge on any atom is 0.416 e. The van der Waals surface area contributed by atoms with Gasteiger partial charge in [0.05, 0.1) is 37.4 Å². The van der Waals surface area contributed by atoms with Gasteiger partial charge in [-0.3, -0.25) is 9.48 Å². The number of halogens is 4. The first kappa shape index (κ1) is 22.6. The summed E-state index contributed by atoms with van der Waals surface area (Å²) in [5, 5.41) is 20.5. The number of hydrogen-bond acceptors (Lipinski definition) is 6. The molecule has 13 heteroatoms. The monoisotopic (exact) mass is 480 g/mol. The molecule has 2 N–H and O–H groups in total. The van der Waals surface area contributed by atoms with E-state index in [-0.39, 0.29) is 38.9 Å². The molecule has 0 saturated carbocycles. The second-order valence-corrected chi connectivity index (χ2v) is 7.33. The SMILES string of the molecule is COc1ccc(Cl)cc1-c1c(NC(=O)c2cnn3cccnc23)cnn1C[C@H](O)C(F)(F)F. The Morgan fingerprint density at radius 2 is 2.09 bits per heavy atom. The predicted molar refractivity (Wildman–Crippen MR) is 112 cm³/mol. The van der Waals surface area contributed by atoms with Crippen LogP contribution in [0.5, 0.6) is 5.75 Å². The fourth-order valence-corrected chi connectivity index (χ4v) is 3.38. The number of aliphatic hydroxyl groups is 1. The molecule has 4 aromatic rings. The number of ether oxygens (including phenoxy) is 1. The van der Waals surface area contributed by atoms with Gasteiger partial charge in [-0.2, -0.15) is 23.4 Å². The minimum absolute atomic E-state index is 0.0652. The van der Waals surface area contributed by atoms with Gasteiger partial charge in [0.15, 0.2) is 11.8 Å². The number of fused-ring (bicyclic) bond motifs is 1. The van der Waals surface area contributed by atoms with Crippen LogP contribution in [0.3, 0.4) is 0 Å². The number of anilines is 1. The average molecular weight is 481 g/mol. The highest BCUT2D eigenvalue weighted by Gasteiger charge is 2.39. The van der Waals surface area contributed by atoms with Crippen LogP contribution in [0.4, 0.5) is 18.9 Å². The lowest BCUT2D eigenvalue weighted by atomic mass is 10.1. The van der Waals surface area contributed by atoms with Gasteiger partial charge < -0.3 is 15.2 Å². The van der Waals surface area contributed by atoms with Crippen molar-refractivity contribution in [3.8, 4) is 17.0 Å². The first-order valence-electron chi connectivity index (χ1n) is 9.43. The molecule has 1 atom stereocenters. The van der Waals surface area contributed by atoms with E-state index in [0.717, 1.165) is 4.68 Å². The van der Waals surface area contributed by atoms with E-state index in [1.54, 1.807) is 12.3 Å². The Kier molecular flexibility index (Phi) is 5.95. The molecule has 0 aliphatic rings. The molecule has 0 fully saturated rings. The molecule has 1 aromatic carbocycles. The van der Waals surface area contributed by atoms with E-state index in [1.807, 2.05) is 0 Å².